The molecule has 0 radical (unpaired) electrons. The van der Waals surface area contributed by atoms with Crippen LogP contribution in [-0.2, 0) is 0 Å². The number of hydrogen-bond acceptors (Lipinski definition) is 4. The Bertz CT molecular complexity index is 1380. The molecular formula is C24H14N2S2. The second-order valence-electron chi connectivity index (χ2n) is 6.75. The van der Waals surface area contributed by atoms with Gasteiger partial charge in [-0.25, -0.2) is 9.97 Å². The summed E-state index contributed by atoms with van der Waals surface area (Å²) in [5, 5.41) is 4.52. The largest absolute Gasteiger partial charge is 0.237 e. The lowest BCUT2D eigenvalue weighted by molar-refractivity contribution is 0.953. The van der Waals surface area contributed by atoms with Gasteiger partial charge in [0.2, 0.25) is 0 Å². The SMILES string of the molecule is c1ccc2cc(-c3ccc4c(c3)Sc3nc5ccccc5nc3S4)ccc2c1. The number of para-hydroxylation sites is 2. The molecule has 6 rings (SSSR count). The van der Waals surface area contributed by atoms with Crippen LogP contribution < -0.4 is 0 Å². The van der Waals surface area contributed by atoms with Gasteiger partial charge in [0.1, 0.15) is 10.1 Å². The Kier molecular flexibility index (Phi) is 3.67. The molecule has 0 N–H and O–H groups in total. The summed E-state index contributed by atoms with van der Waals surface area (Å²) in [7, 11) is 0. The van der Waals surface area contributed by atoms with Crippen LogP contribution in [-0.4, -0.2) is 9.97 Å². The first kappa shape index (κ1) is 16.2. The lowest BCUT2D eigenvalue weighted by Gasteiger charge is -2.18. The van der Waals surface area contributed by atoms with Gasteiger partial charge in [-0.3, -0.25) is 0 Å². The van der Waals surface area contributed by atoms with Gasteiger partial charge in [0, 0.05) is 9.79 Å². The lowest BCUT2D eigenvalue weighted by atomic mass is 10.0. The molecule has 5 aromatic rings. The van der Waals surface area contributed by atoms with E-state index in [1.165, 1.54) is 31.7 Å². The Hall–Kier alpha value is -2.82. The van der Waals surface area contributed by atoms with Crippen molar-refractivity contribution < 1.29 is 0 Å². The molecule has 0 bridgehead atoms. The minimum Gasteiger partial charge on any atom is -0.237 e. The molecule has 132 valence electrons. The number of benzene rings is 4. The maximum atomic E-state index is 4.84. The topological polar surface area (TPSA) is 25.8 Å². The van der Waals surface area contributed by atoms with Crippen molar-refractivity contribution in [3.8, 4) is 11.1 Å². The highest BCUT2D eigenvalue weighted by Gasteiger charge is 2.21. The summed E-state index contributed by atoms with van der Waals surface area (Å²) in [4.78, 5) is 12.1. The molecule has 4 heteroatoms. The molecule has 1 aliphatic heterocycles. The number of hydrogen-bond donors (Lipinski definition) is 0. The van der Waals surface area contributed by atoms with Crippen LogP contribution >= 0.6 is 23.5 Å². The molecule has 0 saturated heterocycles. The van der Waals surface area contributed by atoms with Crippen LogP contribution in [0.4, 0.5) is 0 Å². The van der Waals surface area contributed by atoms with Gasteiger partial charge in [-0.1, -0.05) is 78.1 Å². The molecule has 28 heavy (non-hydrogen) atoms. The van der Waals surface area contributed by atoms with Crippen LogP contribution in [0.15, 0.2) is 105 Å². The fraction of sp³-hybridized carbons (Fsp3) is 0. The Balaban J connectivity index is 1.42. The van der Waals surface area contributed by atoms with E-state index in [9.17, 15) is 0 Å². The molecule has 2 heterocycles. The highest BCUT2D eigenvalue weighted by atomic mass is 32.2. The maximum absolute atomic E-state index is 4.84. The average molecular weight is 395 g/mol. The molecule has 0 atom stereocenters. The van der Waals surface area contributed by atoms with Crippen LogP contribution in [0.5, 0.6) is 0 Å². The molecule has 0 fully saturated rings. The molecule has 0 unspecified atom stereocenters. The average Bonchev–Trinajstić information content (AvgIpc) is 2.75. The zero-order valence-corrected chi connectivity index (χ0v) is 16.4. The van der Waals surface area contributed by atoms with E-state index in [0.29, 0.717) is 0 Å². The molecule has 0 amide bonds. The Labute approximate surface area is 171 Å². The maximum Gasteiger partial charge on any atom is 0.134 e. The summed E-state index contributed by atoms with van der Waals surface area (Å²) in [6, 6.07) is 29.9. The number of rotatable bonds is 1. The number of aromatic nitrogens is 2. The highest BCUT2D eigenvalue weighted by Crippen LogP contribution is 2.48. The molecule has 0 spiro atoms. The molecule has 2 nitrogen and oxygen atoms in total. The van der Waals surface area contributed by atoms with Crippen molar-refractivity contribution in [3.05, 3.63) is 84.9 Å². The van der Waals surface area contributed by atoms with Gasteiger partial charge in [-0.15, -0.1) is 0 Å². The van der Waals surface area contributed by atoms with Crippen LogP contribution in [0.1, 0.15) is 0 Å². The second kappa shape index (κ2) is 6.36. The second-order valence-corrected chi connectivity index (χ2v) is 8.81. The van der Waals surface area contributed by atoms with Gasteiger partial charge in [0.05, 0.1) is 11.0 Å². The van der Waals surface area contributed by atoms with E-state index in [-0.39, 0.29) is 0 Å². The first-order valence-corrected chi connectivity index (χ1v) is 10.7. The molecular weight excluding hydrogens is 380 g/mol. The summed E-state index contributed by atoms with van der Waals surface area (Å²) in [5.41, 5.74) is 4.37. The van der Waals surface area contributed by atoms with Gasteiger partial charge in [0.25, 0.3) is 0 Å². The van der Waals surface area contributed by atoms with Crippen molar-refractivity contribution in [1.82, 2.24) is 9.97 Å². The predicted molar refractivity (Wildman–Crippen MR) is 117 cm³/mol. The quantitative estimate of drug-likeness (QED) is 0.298. The Morgan fingerprint density at radius 2 is 1.11 bits per heavy atom. The molecule has 1 aliphatic rings. The first-order valence-electron chi connectivity index (χ1n) is 9.09. The monoisotopic (exact) mass is 394 g/mol. The third-order valence-electron chi connectivity index (χ3n) is 4.95. The van der Waals surface area contributed by atoms with Gasteiger partial charge in [0.15, 0.2) is 0 Å². The van der Waals surface area contributed by atoms with E-state index >= 15 is 0 Å². The van der Waals surface area contributed by atoms with Crippen molar-refractivity contribution in [2.24, 2.45) is 0 Å². The summed E-state index contributed by atoms with van der Waals surface area (Å²) in [5.74, 6) is 0. The number of fused-ring (bicyclic) bond motifs is 4. The standard InChI is InChI=1S/C24H14N2S2/c1-2-6-16-13-17(10-9-15(16)5-1)18-11-12-21-22(14-18)28-24-23(27-21)25-19-7-3-4-8-20(19)26-24/h1-14H. The van der Waals surface area contributed by atoms with Crippen LogP contribution in [0, 0.1) is 0 Å². The van der Waals surface area contributed by atoms with Crippen molar-refractivity contribution in [2.45, 2.75) is 19.8 Å². The zero-order valence-electron chi connectivity index (χ0n) is 14.8. The van der Waals surface area contributed by atoms with Crippen molar-refractivity contribution in [2.75, 3.05) is 0 Å². The van der Waals surface area contributed by atoms with Crippen molar-refractivity contribution in [3.63, 3.8) is 0 Å². The van der Waals surface area contributed by atoms with E-state index in [4.69, 9.17) is 9.97 Å². The van der Waals surface area contributed by atoms with E-state index in [2.05, 4.69) is 60.7 Å². The zero-order chi connectivity index (χ0) is 18.5. The van der Waals surface area contributed by atoms with Crippen molar-refractivity contribution >= 4 is 45.3 Å². The fourth-order valence-corrected chi connectivity index (χ4v) is 5.65. The highest BCUT2D eigenvalue weighted by molar-refractivity contribution is 8.05. The first-order chi connectivity index (χ1) is 13.8. The van der Waals surface area contributed by atoms with Crippen LogP contribution in [0.3, 0.4) is 0 Å². The van der Waals surface area contributed by atoms with E-state index in [1.807, 2.05) is 24.3 Å². The normalized spacial score (nSPS) is 12.7. The van der Waals surface area contributed by atoms with Gasteiger partial charge in [-0.2, -0.15) is 0 Å². The molecule has 1 aromatic heterocycles. The third-order valence-corrected chi connectivity index (χ3v) is 7.30. The van der Waals surface area contributed by atoms with E-state index in [1.54, 1.807) is 23.5 Å². The van der Waals surface area contributed by atoms with Gasteiger partial charge >= 0.3 is 0 Å². The van der Waals surface area contributed by atoms with Crippen molar-refractivity contribution in [1.29, 1.82) is 0 Å². The summed E-state index contributed by atoms with van der Waals surface area (Å²) < 4.78 is 0. The minimum absolute atomic E-state index is 0.948. The number of nitrogens with zero attached hydrogens (tertiary/aromatic N) is 2. The molecule has 0 aliphatic carbocycles. The third kappa shape index (κ3) is 2.68. The fourth-order valence-electron chi connectivity index (χ4n) is 3.53. The minimum atomic E-state index is 0.948. The van der Waals surface area contributed by atoms with Crippen LogP contribution in [0.25, 0.3) is 32.9 Å². The van der Waals surface area contributed by atoms with Crippen LogP contribution in [0.2, 0.25) is 0 Å². The van der Waals surface area contributed by atoms with E-state index < -0.39 is 0 Å². The summed E-state index contributed by atoms with van der Waals surface area (Å²) in [6.07, 6.45) is 0. The van der Waals surface area contributed by atoms with Gasteiger partial charge < -0.3 is 0 Å². The van der Waals surface area contributed by atoms with Gasteiger partial charge in [-0.05, 0) is 52.2 Å². The smallest absolute Gasteiger partial charge is 0.134 e. The Morgan fingerprint density at radius 1 is 0.500 bits per heavy atom. The van der Waals surface area contributed by atoms with E-state index in [0.717, 1.165) is 21.1 Å². The summed E-state index contributed by atoms with van der Waals surface area (Å²) >= 11 is 3.42. The lowest BCUT2D eigenvalue weighted by Crippen LogP contribution is -1.97. The Morgan fingerprint density at radius 3 is 1.89 bits per heavy atom. The molecule has 0 saturated carbocycles. The summed E-state index contributed by atoms with van der Waals surface area (Å²) in [6.45, 7) is 0. The molecule has 4 aromatic carbocycles. The predicted octanol–water partition coefficient (Wildman–Crippen LogP) is 7.07.